The summed E-state index contributed by atoms with van der Waals surface area (Å²) in [5.74, 6) is -0.386. The van der Waals surface area contributed by atoms with Crippen LogP contribution in [0.15, 0.2) is 54.7 Å². The van der Waals surface area contributed by atoms with E-state index in [4.69, 9.17) is 4.74 Å². The van der Waals surface area contributed by atoms with E-state index in [0.29, 0.717) is 11.3 Å². The van der Waals surface area contributed by atoms with Crippen molar-refractivity contribution in [2.75, 3.05) is 7.11 Å². The Bertz CT molecular complexity index is 910. The highest BCUT2D eigenvalue weighted by molar-refractivity contribution is 6.02. The lowest BCUT2D eigenvalue weighted by atomic mass is 9.96. The molecule has 4 heteroatoms. The summed E-state index contributed by atoms with van der Waals surface area (Å²) in [7, 11) is 1.35. The Morgan fingerprint density at radius 2 is 1.95 bits per heavy atom. The van der Waals surface area contributed by atoms with Crippen LogP contribution in [0.3, 0.4) is 0 Å². The quantitative estimate of drug-likeness (QED) is 0.676. The van der Waals surface area contributed by atoms with E-state index in [1.165, 1.54) is 7.11 Å². The van der Waals surface area contributed by atoms with E-state index in [-0.39, 0.29) is 5.97 Å². The van der Waals surface area contributed by atoms with Gasteiger partial charge in [0.05, 0.1) is 12.7 Å². The molecule has 0 aliphatic carbocycles. The molecule has 3 aromatic rings. The third kappa shape index (κ3) is 2.29. The average molecular weight is 288 g/mol. The van der Waals surface area contributed by atoms with Crippen molar-refractivity contribution in [2.45, 2.75) is 0 Å². The number of hydrogen-bond acceptors (Lipinski definition) is 4. The number of carbonyl (C=O) groups is 1. The zero-order valence-corrected chi connectivity index (χ0v) is 11.9. The van der Waals surface area contributed by atoms with Crippen LogP contribution in [-0.4, -0.2) is 18.1 Å². The van der Waals surface area contributed by atoms with Crippen LogP contribution in [-0.2, 0) is 4.74 Å². The SMILES string of the molecule is COC(=O)c1ccc2cccc(-c3cccnc3C#N)c2c1. The molecule has 0 aliphatic heterocycles. The minimum Gasteiger partial charge on any atom is -0.465 e. The van der Waals surface area contributed by atoms with Crippen LogP contribution >= 0.6 is 0 Å². The van der Waals surface area contributed by atoms with Gasteiger partial charge in [0, 0.05) is 11.8 Å². The Morgan fingerprint density at radius 1 is 1.14 bits per heavy atom. The van der Waals surface area contributed by atoms with E-state index in [9.17, 15) is 10.1 Å². The molecule has 0 N–H and O–H groups in total. The van der Waals surface area contributed by atoms with Crippen molar-refractivity contribution in [3.8, 4) is 17.2 Å². The maximum atomic E-state index is 11.7. The number of aromatic nitrogens is 1. The highest BCUT2D eigenvalue weighted by atomic mass is 16.5. The van der Waals surface area contributed by atoms with Crippen LogP contribution in [0.5, 0.6) is 0 Å². The van der Waals surface area contributed by atoms with Crippen molar-refractivity contribution < 1.29 is 9.53 Å². The Balaban J connectivity index is 2.30. The number of fused-ring (bicyclic) bond motifs is 1. The van der Waals surface area contributed by atoms with E-state index < -0.39 is 0 Å². The predicted molar refractivity (Wildman–Crippen MR) is 83.2 cm³/mol. The standard InChI is InChI=1S/C18H12N2O2/c1-22-18(21)13-8-7-12-4-2-5-14(16(12)10-13)15-6-3-9-20-17(15)11-19/h2-10H,1H3. The molecule has 0 spiro atoms. The van der Waals surface area contributed by atoms with Crippen molar-refractivity contribution in [3.63, 3.8) is 0 Å². The number of pyridine rings is 1. The molecule has 0 fully saturated rings. The van der Waals surface area contributed by atoms with Crippen LogP contribution in [0.1, 0.15) is 16.1 Å². The van der Waals surface area contributed by atoms with Gasteiger partial charge in [-0.1, -0.05) is 24.3 Å². The molecule has 3 rings (SSSR count). The van der Waals surface area contributed by atoms with Crippen molar-refractivity contribution in [3.05, 3.63) is 66.0 Å². The van der Waals surface area contributed by atoms with E-state index >= 15 is 0 Å². The van der Waals surface area contributed by atoms with Gasteiger partial charge >= 0.3 is 5.97 Å². The van der Waals surface area contributed by atoms with Crippen molar-refractivity contribution in [1.29, 1.82) is 5.26 Å². The summed E-state index contributed by atoms with van der Waals surface area (Å²) in [5.41, 5.74) is 2.45. The first-order chi connectivity index (χ1) is 10.7. The Hall–Kier alpha value is -3.19. The van der Waals surface area contributed by atoms with Gasteiger partial charge in [-0.25, -0.2) is 9.78 Å². The van der Waals surface area contributed by atoms with E-state index in [1.807, 2.05) is 30.3 Å². The molecule has 0 atom stereocenters. The zero-order valence-electron chi connectivity index (χ0n) is 11.9. The second kappa shape index (κ2) is 5.66. The molecule has 106 valence electrons. The second-order valence-corrected chi connectivity index (χ2v) is 4.74. The molecule has 0 saturated carbocycles. The Morgan fingerprint density at radius 3 is 2.73 bits per heavy atom. The fourth-order valence-corrected chi connectivity index (χ4v) is 2.46. The molecule has 0 radical (unpaired) electrons. The summed E-state index contributed by atoms with van der Waals surface area (Å²) in [6.45, 7) is 0. The molecule has 0 unspecified atom stereocenters. The maximum Gasteiger partial charge on any atom is 0.337 e. The number of rotatable bonds is 2. The normalized spacial score (nSPS) is 10.2. The van der Waals surface area contributed by atoms with Crippen LogP contribution in [0.25, 0.3) is 21.9 Å². The average Bonchev–Trinajstić information content (AvgIpc) is 2.60. The number of nitrogens with zero attached hydrogens (tertiary/aromatic N) is 2. The third-order valence-corrected chi connectivity index (χ3v) is 3.51. The van der Waals surface area contributed by atoms with Gasteiger partial charge in [-0.15, -0.1) is 0 Å². The fourth-order valence-electron chi connectivity index (χ4n) is 2.46. The number of methoxy groups -OCH3 is 1. The minimum absolute atomic E-state index is 0.360. The second-order valence-electron chi connectivity index (χ2n) is 4.74. The Kier molecular flexibility index (Phi) is 3.55. The number of benzene rings is 2. The summed E-state index contributed by atoms with van der Waals surface area (Å²) in [6.07, 6.45) is 1.59. The first-order valence-electron chi connectivity index (χ1n) is 6.71. The summed E-state index contributed by atoms with van der Waals surface area (Å²) in [6, 6.07) is 16.9. The lowest BCUT2D eigenvalue weighted by molar-refractivity contribution is 0.0601. The molecule has 0 saturated heterocycles. The van der Waals surface area contributed by atoms with Gasteiger partial charge in [0.2, 0.25) is 0 Å². The summed E-state index contributed by atoms with van der Waals surface area (Å²) in [4.78, 5) is 15.8. The van der Waals surface area contributed by atoms with Gasteiger partial charge in [0.25, 0.3) is 0 Å². The van der Waals surface area contributed by atoms with Gasteiger partial charge in [-0.2, -0.15) is 5.26 Å². The lowest BCUT2D eigenvalue weighted by Gasteiger charge is -2.09. The number of hydrogen-bond donors (Lipinski definition) is 0. The van der Waals surface area contributed by atoms with Crippen LogP contribution in [0, 0.1) is 11.3 Å². The predicted octanol–water partition coefficient (Wildman–Crippen LogP) is 3.56. The molecule has 1 heterocycles. The molecule has 0 amide bonds. The van der Waals surface area contributed by atoms with Crippen molar-refractivity contribution >= 4 is 16.7 Å². The van der Waals surface area contributed by atoms with E-state index in [2.05, 4.69) is 11.1 Å². The number of nitriles is 1. The molecule has 0 bridgehead atoms. The van der Waals surface area contributed by atoms with Gasteiger partial charge in [-0.3, -0.25) is 0 Å². The molecule has 22 heavy (non-hydrogen) atoms. The van der Waals surface area contributed by atoms with Crippen LogP contribution < -0.4 is 0 Å². The smallest absolute Gasteiger partial charge is 0.337 e. The monoisotopic (exact) mass is 288 g/mol. The fraction of sp³-hybridized carbons (Fsp3) is 0.0556. The summed E-state index contributed by atoms with van der Waals surface area (Å²) >= 11 is 0. The van der Waals surface area contributed by atoms with Crippen LogP contribution in [0.2, 0.25) is 0 Å². The van der Waals surface area contributed by atoms with Gasteiger partial charge in [0.1, 0.15) is 11.8 Å². The van der Waals surface area contributed by atoms with Gasteiger partial charge in [0.15, 0.2) is 0 Å². The number of esters is 1. The zero-order chi connectivity index (χ0) is 15.5. The molecule has 4 nitrogen and oxygen atoms in total. The summed E-state index contributed by atoms with van der Waals surface area (Å²) in [5, 5.41) is 11.1. The van der Waals surface area contributed by atoms with Crippen molar-refractivity contribution in [1.82, 2.24) is 4.98 Å². The first kappa shape index (κ1) is 13.8. The van der Waals surface area contributed by atoms with Crippen LogP contribution in [0.4, 0.5) is 0 Å². The number of ether oxygens (including phenoxy) is 1. The maximum absolute atomic E-state index is 11.7. The largest absolute Gasteiger partial charge is 0.465 e. The molecular weight excluding hydrogens is 276 g/mol. The van der Waals surface area contributed by atoms with E-state index in [1.54, 1.807) is 24.4 Å². The molecule has 2 aromatic carbocycles. The highest BCUT2D eigenvalue weighted by Gasteiger charge is 2.12. The third-order valence-electron chi connectivity index (χ3n) is 3.51. The summed E-state index contributed by atoms with van der Waals surface area (Å²) < 4.78 is 4.77. The Labute approximate surface area is 127 Å². The van der Waals surface area contributed by atoms with Gasteiger partial charge in [-0.05, 0) is 40.6 Å². The van der Waals surface area contributed by atoms with Gasteiger partial charge < -0.3 is 4.74 Å². The molecular formula is C18H12N2O2. The lowest BCUT2D eigenvalue weighted by Crippen LogP contribution is -2.00. The first-order valence-corrected chi connectivity index (χ1v) is 6.71. The minimum atomic E-state index is -0.386. The highest BCUT2D eigenvalue weighted by Crippen LogP contribution is 2.30. The number of carbonyl (C=O) groups excluding carboxylic acids is 1. The molecule has 1 aromatic heterocycles. The van der Waals surface area contributed by atoms with Crippen molar-refractivity contribution in [2.24, 2.45) is 0 Å². The topological polar surface area (TPSA) is 63.0 Å². The van der Waals surface area contributed by atoms with E-state index in [0.717, 1.165) is 21.9 Å². The molecule has 0 aliphatic rings.